The summed E-state index contributed by atoms with van der Waals surface area (Å²) in [4.78, 5) is 11.1. The van der Waals surface area contributed by atoms with Gasteiger partial charge in [-0.15, -0.1) is 0 Å². The average Bonchev–Trinajstić information content (AvgIpc) is 2.45. The summed E-state index contributed by atoms with van der Waals surface area (Å²) in [5.74, 6) is 1.56. The van der Waals surface area contributed by atoms with Crippen molar-refractivity contribution in [1.82, 2.24) is 9.97 Å². The number of nitrogens with one attached hydrogen (secondary N) is 1. The van der Waals surface area contributed by atoms with Gasteiger partial charge in [0.15, 0.2) is 0 Å². The first-order chi connectivity index (χ1) is 9.61. The molecule has 0 spiro atoms. The number of benzene rings is 1. The molecule has 108 valence electrons. The summed E-state index contributed by atoms with van der Waals surface area (Å²) in [5.41, 5.74) is 0.943. The fourth-order valence-electron chi connectivity index (χ4n) is 1.99. The van der Waals surface area contributed by atoms with Crippen molar-refractivity contribution in [2.24, 2.45) is 0 Å². The summed E-state index contributed by atoms with van der Waals surface area (Å²) in [5, 5.41) is 4.06. The molecule has 1 aromatic heterocycles. The van der Waals surface area contributed by atoms with E-state index in [1.807, 2.05) is 52.2 Å². The van der Waals surface area contributed by atoms with E-state index in [0.29, 0.717) is 12.6 Å². The molecule has 0 amide bonds. The van der Waals surface area contributed by atoms with E-state index < -0.39 is 0 Å². The molecule has 1 N–H and O–H groups in total. The molecule has 0 radical (unpaired) electrons. The van der Waals surface area contributed by atoms with Crippen molar-refractivity contribution in [3.63, 3.8) is 0 Å². The van der Waals surface area contributed by atoms with E-state index in [1.165, 1.54) is 0 Å². The molecule has 20 heavy (non-hydrogen) atoms. The minimum atomic E-state index is 0.249. The maximum atomic E-state index is 5.60. The molecule has 2 aromatic rings. The van der Waals surface area contributed by atoms with Gasteiger partial charge in [-0.3, -0.25) is 0 Å². The van der Waals surface area contributed by atoms with Crippen LogP contribution in [0.4, 0.5) is 11.8 Å². The molecule has 0 saturated carbocycles. The number of fused-ring (bicyclic) bond motifs is 1. The van der Waals surface area contributed by atoms with Crippen molar-refractivity contribution < 1.29 is 4.74 Å². The normalized spacial score (nSPS) is 11.1. The monoisotopic (exact) mass is 274 g/mol. The molecule has 5 nitrogen and oxygen atoms in total. The topological polar surface area (TPSA) is 50.3 Å². The van der Waals surface area contributed by atoms with Crippen LogP contribution in [0.3, 0.4) is 0 Å². The number of hydrogen-bond acceptors (Lipinski definition) is 5. The third-order valence-electron chi connectivity index (χ3n) is 3.05. The van der Waals surface area contributed by atoms with Gasteiger partial charge >= 0.3 is 0 Å². The Morgan fingerprint density at radius 1 is 1.25 bits per heavy atom. The largest absolute Gasteiger partial charge is 0.377 e. The molecular weight excluding hydrogens is 252 g/mol. The number of para-hydroxylation sites is 1. The summed E-state index contributed by atoms with van der Waals surface area (Å²) in [7, 11) is 3.85. The first-order valence-corrected chi connectivity index (χ1v) is 6.89. The summed E-state index contributed by atoms with van der Waals surface area (Å²) >= 11 is 0. The van der Waals surface area contributed by atoms with Gasteiger partial charge < -0.3 is 15.0 Å². The van der Waals surface area contributed by atoms with E-state index in [4.69, 9.17) is 4.74 Å². The van der Waals surface area contributed by atoms with Crippen LogP contribution >= 0.6 is 0 Å². The van der Waals surface area contributed by atoms with Gasteiger partial charge in [0.1, 0.15) is 5.82 Å². The molecule has 5 heteroatoms. The quantitative estimate of drug-likeness (QED) is 0.877. The number of rotatable bonds is 6. The lowest BCUT2D eigenvalue weighted by Crippen LogP contribution is -2.25. The molecule has 2 rings (SSSR count). The minimum absolute atomic E-state index is 0.249. The highest BCUT2D eigenvalue weighted by atomic mass is 16.5. The van der Waals surface area contributed by atoms with Gasteiger partial charge in [-0.1, -0.05) is 12.1 Å². The van der Waals surface area contributed by atoms with Crippen LogP contribution in [-0.2, 0) is 4.74 Å². The summed E-state index contributed by atoms with van der Waals surface area (Å²) < 4.78 is 5.60. The van der Waals surface area contributed by atoms with Crippen molar-refractivity contribution >= 4 is 22.7 Å². The van der Waals surface area contributed by atoms with Crippen LogP contribution in [0.15, 0.2) is 24.3 Å². The second kappa shape index (κ2) is 6.52. The molecule has 0 atom stereocenters. The van der Waals surface area contributed by atoms with Crippen LogP contribution in [0.1, 0.15) is 13.8 Å². The highest BCUT2D eigenvalue weighted by Gasteiger charge is 2.11. The van der Waals surface area contributed by atoms with Crippen LogP contribution in [0.25, 0.3) is 10.9 Å². The molecule has 0 unspecified atom stereocenters. The molecule has 0 bridgehead atoms. The maximum absolute atomic E-state index is 5.60. The van der Waals surface area contributed by atoms with Crippen molar-refractivity contribution in [3.8, 4) is 0 Å². The Bertz CT molecular complexity index is 571. The van der Waals surface area contributed by atoms with E-state index in [2.05, 4.69) is 20.2 Å². The maximum Gasteiger partial charge on any atom is 0.224 e. The number of aromatic nitrogens is 2. The van der Waals surface area contributed by atoms with Crippen LogP contribution in [0.2, 0.25) is 0 Å². The first kappa shape index (κ1) is 14.5. The third-order valence-corrected chi connectivity index (χ3v) is 3.05. The second-order valence-electron chi connectivity index (χ2n) is 4.98. The minimum Gasteiger partial charge on any atom is -0.377 e. The number of likely N-dealkylation sites (N-methyl/N-ethyl adjacent to an activating group) is 1. The third kappa shape index (κ3) is 3.36. The van der Waals surface area contributed by atoms with Gasteiger partial charge in [-0.2, -0.15) is 4.98 Å². The van der Waals surface area contributed by atoms with Crippen molar-refractivity contribution in [3.05, 3.63) is 24.3 Å². The molecule has 0 aliphatic heterocycles. The number of nitrogens with zero attached hydrogens (tertiary/aromatic N) is 3. The van der Waals surface area contributed by atoms with Crippen molar-refractivity contribution in [2.75, 3.05) is 37.5 Å². The predicted octanol–water partition coefficient (Wildman–Crippen LogP) is 2.53. The molecule has 0 aliphatic carbocycles. The van der Waals surface area contributed by atoms with E-state index in [0.717, 1.165) is 23.3 Å². The Labute approximate surface area is 120 Å². The van der Waals surface area contributed by atoms with Crippen LogP contribution in [-0.4, -0.2) is 43.3 Å². The Morgan fingerprint density at radius 2 is 2.00 bits per heavy atom. The van der Waals surface area contributed by atoms with Gasteiger partial charge in [-0.05, 0) is 26.0 Å². The van der Waals surface area contributed by atoms with Gasteiger partial charge in [0.2, 0.25) is 5.95 Å². The lowest BCUT2D eigenvalue weighted by atomic mass is 10.2. The number of anilines is 2. The zero-order valence-electron chi connectivity index (χ0n) is 12.6. The highest BCUT2D eigenvalue weighted by molar-refractivity contribution is 5.90. The molecule has 1 aromatic carbocycles. The molecule has 0 saturated heterocycles. The van der Waals surface area contributed by atoms with Crippen molar-refractivity contribution in [1.29, 1.82) is 0 Å². The lowest BCUT2D eigenvalue weighted by Gasteiger charge is -2.21. The van der Waals surface area contributed by atoms with Crippen LogP contribution in [0, 0.1) is 0 Å². The summed E-state index contributed by atoms with van der Waals surface area (Å²) in [6.45, 7) is 5.56. The predicted molar refractivity (Wildman–Crippen MR) is 83.4 cm³/mol. The van der Waals surface area contributed by atoms with Gasteiger partial charge in [-0.25, -0.2) is 4.98 Å². The highest BCUT2D eigenvalue weighted by Crippen LogP contribution is 2.24. The van der Waals surface area contributed by atoms with Gasteiger partial charge in [0.25, 0.3) is 0 Å². The van der Waals surface area contributed by atoms with E-state index in [1.54, 1.807) is 0 Å². The summed E-state index contributed by atoms with van der Waals surface area (Å²) in [6.07, 6.45) is 0.249. The fourth-order valence-corrected chi connectivity index (χ4v) is 1.99. The number of hydrogen-bond donors (Lipinski definition) is 1. The summed E-state index contributed by atoms with van der Waals surface area (Å²) in [6, 6.07) is 8.04. The number of ether oxygens (including phenoxy) is 1. The Hall–Kier alpha value is -1.88. The Balaban J connectivity index is 2.27. The first-order valence-electron chi connectivity index (χ1n) is 6.89. The van der Waals surface area contributed by atoms with Gasteiger partial charge in [0.05, 0.1) is 18.2 Å². The SMILES string of the molecule is CNc1nc(N(C)CCOC(C)C)c2ccccc2n1. The fraction of sp³-hybridized carbons (Fsp3) is 0.467. The van der Waals surface area contributed by atoms with E-state index in [9.17, 15) is 0 Å². The lowest BCUT2D eigenvalue weighted by molar-refractivity contribution is 0.0845. The zero-order valence-corrected chi connectivity index (χ0v) is 12.6. The van der Waals surface area contributed by atoms with E-state index in [-0.39, 0.29) is 6.10 Å². The Morgan fingerprint density at radius 3 is 2.70 bits per heavy atom. The Kier molecular flexibility index (Phi) is 4.74. The molecule has 0 fully saturated rings. The van der Waals surface area contributed by atoms with E-state index >= 15 is 0 Å². The van der Waals surface area contributed by atoms with Gasteiger partial charge in [0, 0.05) is 26.0 Å². The zero-order chi connectivity index (χ0) is 14.5. The molecule has 0 aliphatic rings. The second-order valence-corrected chi connectivity index (χ2v) is 4.98. The smallest absolute Gasteiger partial charge is 0.224 e. The van der Waals surface area contributed by atoms with Crippen LogP contribution < -0.4 is 10.2 Å². The average molecular weight is 274 g/mol. The molecular formula is C15H22N4O. The van der Waals surface area contributed by atoms with Crippen LogP contribution in [0.5, 0.6) is 0 Å². The standard InChI is InChI=1S/C15H22N4O/c1-11(2)20-10-9-19(4)14-12-7-5-6-8-13(12)17-15(16-3)18-14/h5-8,11H,9-10H2,1-4H3,(H,16,17,18). The molecule has 1 heterocycles. The van der Waals surface area contributed by atoms with Crippen molar-refractivity contribution in [2.45, 2.75) is 20.0 Å².